The third-order valence-electron chi connectivity index (χ3n) is 5.29. The predicted octanol–water partition coefficient (Wildman–Crippen LogP) is 3.66. The fourth-order valence-corrected chi connectivity index (χ4v) is 4.48. The van der Waals surface area contributed by atoms with Crippen molar-refractivity contribution >= 4 is 26.8 Å². The number of hydrogen-bond donors (Lipinski definition) is 1. The Bertz CT molecular complexity index is 1140. The first-order valence-electron chi connectivity index (χ1n) is 10.1. The molecule has 30 heavy (non-hydrogen) atoms. The fourth-order valence-electron chi connectivity index (χ4n) is 3.55. The Morgan fingerprint density at radius 3 is 2.43 bits per heavy atom. The molecule has 1 N–H and O–H groups in total. The third kappa shape index (κ3) is 4.57. The number of benzene rings is 2. The van der Waals surface area contributed by atoms with E-state index in [9.17, 15) is 13.2 Å². The summed E-state index contributed by atoms with van der Waals surface area (Å²) in [4.78, 5) is 13.2. The van der Waals surface area contributed by atoms with E-state index in [0.717, 1.165) is 23.7 Å². The fraction of sp³-hybridized carbons (Fsp3) is 0.348. The molecule has 0 bridgehead atoms. The first kappa shape index (κ1) is 22.1. The first-order valence-corrected chi connectivity index (χ1v) is 11.6. The van der Waals surface area contributed by atoms with Crippen molar-refractivity contribution in [3.8, 4) is 0 Å². The molecule has 7 heteroatoms. The second-order valence-corrected chi connectivity index (χ2v) is 9.83. The molecule has 0 aliphatic heterocycles. The summed E-state index contributed by atoms with van der Waals surface area (Å²) in [5, 5.41) is 3.82. The zero-order valence-corrected chi connectivity index (χ0v) is 18.7. The van der Waals surface area contributed by atoms with Crippen LogP contribution in [0.3, 0.4) is 0 Å². The standard InChI is InChI=1S/C23H29N3O3S/c1-5-26-21-14-13-20(30(28,29)25(3)4)15-19(21)16-22(26)23(27)24-17(2)11-12-18-9-7-6-8-10-18/h6-10,13-17H,5,11-12H2,1-4H3,(H,24,27)/t17-/m0/s1. The van der Waals surface area contributed by atoms with Crippen molar-refractivity contribution in [1.29, 1.82) is 0 Å². The number of sulfonamides is 1. The molecule has 1 amide bonds. The van der Waals surface area contributed by atoms with E-state index in [1.54, 1.807) is 24.3 Å². The summed E-state index contributed by atoms with van der Waals surface area (Å²) in [6.45, 7) is 4.59. The van der Waals surface area contributed by atoms with Gasteiger partial charge in [-0.1, -0.05) is 30.3 Å². The van der Waals surface area contributed by atoms with Crippen LogP contribution in [0.15, 0.2) is 59.5 Å². The molecule has 1 heterocycles. The summed E-state index contributed by atoms with van der Waals surface area (Å²) in [5.41, 5.74) is 2.63. The summed E-state index contributed by atoms with van der Waals surface area (Å²) >= 11 is 0. The van der Waals surface area contributed by atoms with Crippen LogP contribution in [-0.4, -0.2) is 43.3 Å². The Morgan fingerprint density at radius 1 is 1.10 bits per heavy atom. The van der Waals surface area contributed by atoms with Gasteiger partial charge in [0.25, 0.3) is 5.91 Å². The van der Waals surface area contributed by atoms with Crippen LogP contribution in [0, 0.1) is 0 Å². The van der Waals surface area contributed by atoms with Gasteiger partial charge in [0, 0.05) is 37.6 Å². The monoisotopic (exact) mass is 427 g/mol. The molecule has 160 valence electrons. The number of fused-ring (bicyclic) bond motifs is 1. The van der Waals surface area contributed by atoms with Crippen molar-refractivity contribution in [3.63, 3.8) is 0 Å². The van der Waals surface area contributed by atoms with Crippen molar-refractivity contribution in [2.75, 3.05) is 14.1 Å². The molecular formula is C23H29N3O3S. The molecule has 3 rings (SSSR count). The summed E-state index contributed by atoms with van der Waals surface area (Å²) in [5.74, 6) is -0.148. The van der Waals surface area contributed by atoms with Gasteiger partial charge in [0.1, 0.15) is 5.69 Å². The van der Waals surface area contributed by atoms with Crippen molar-refractivity contribution < 1.29 is 13.2 Å². The van der Waals surface area contributed by atoms with Gasteiger partial charge in [0.15, 0.2) is 0 Å². The number of amides is 1. The Morgan fingerprint density at radius 2 is 1.80 bits per heavy atom. The number of hydrogen-bond acceptors (Lipinski definition) is 3. The molecule has 6 nitrogen and oxygen atoms in total. The average molecular weight is 428 g/mol. The van der Waals surface area contributed by atoms with Gasteiger partial charge in [0.05, 0.1) is 4.90 Å². The Hall–Kier alpha value is -2.64. The van der Waals surface area contributed by atoms with E-state index in [4.69, 9.17) is 0 Å². The third-order valence-corrected chi connectivity index (χ3v) is 7.10. The molecular weight excluding hydrogens is 398 g/mol. The van der Waals surface area contributed by atoms with Crippen LogP contribution >= 0.6 is 0 Å². The lowest BCUT2D eigenvalue weighted by Gasteiger charge is -2.15. The molecule has 0 saturated carbocycles. The van der Waals surface area contributed by atoms with Crippen molar-refractivity contribution in [2.24, 2.45) is 0 Å². The van der Waals surface area contributed by atoms with Crippen LogP contribution in [0.5, 0.6) is 0 Å². The second kappa shape index (κ2) is 9.02. The van der Waals surface area contributed by atoms with Gasteiger partial charge in [-0.05, 0) is 56.5 Å². The summed E-state index contributed by atoms with van der Waals surface area (Å²) in [7, 11) is -0.515. The minimum Gasteiger partial charge on any atom is -0.348 e. The van der Waals surface area contributed by atoms with E-state index in [1.165, 1.54) is 24.0 Å². The predicted molar refractivity (Wildman–Crippen MR) is 120 cm³/mol. The maximum atomic E-state index is 12.9. The second-order valence-electron chi connectivity index (χ2n) is 7.68. The Balaban J connectivity index is 1.81. The van der Waals surface area contributed by atoms with E-state index in [1.807, 2.05) is 36.6 Å². The summed E-state index contributed by atoms with van der Waals surface area (Å²) < 4.78 is 28.0. The molecule has 0 radical (unpaired) electrons. The summed E-state index contributed by atoms with van der Waals surface area (Å²) in [6, 6.07) is 17.0. The van der Waals surface area contributed by atoms with Crippen LogP contribution in [0.2, 0.25) is 0 Å². The molecule has 0 aliphatic rings. The highest BCUT2D eigenvalue weighted by molar-refractivity contribution is 7.89. The van der Waals surface area contributed by atoms with Crippen molar-refractivity contribution in [2.45, 2.75) is 44.2 Å². The summed E-state index contributed by atoms with van der Waals surface area (Å²) in [6.07, 6.45) is 1.73. The average Bonchev–Trinajstić information content (AvgIpc) is 3.11. The maximum Gasteiger partial charge on any atom is 0.268 e. The minimum atomic E-state index is -3.53. The molecule has 0 saturated heterocycles. The molecule has 1 atom stereocenters. The number of carbonyl (C=O) groups excluding carboxylic acids is 1. The highest BCUT2D eigenvalue weighted by Gasteiger charge is 2.21. The van der Waals surface area contributed by atoms with Gasteiger partial charge >= 0.3 is 0 Å². The topological polar surface area (TPSA) is 71.4 Å². The van der Waals surface area contributed by atoms with E-state index in [-0.39, 0.29) is 16.8 Å². The smallest absolute Gasteiger partial charge is 0.268 e. The lowest BCUT2D eigenvalue weighted by Crippen LogP contribution is -2.34. The molecule has 0 unspecified atom stereocenters. The van der Waals surface area contributed by atoms with E-state index < -0.39 is 10.0 Å². The highest BCUT2D eigenvalue weighted by atomic mass is 32.2. The van der Waals surface area contributed by atoms with E-state index in [0.29, 0.717) is 12.2 Å². The Labute approximate surface area is 178 Å². The molecule has 1 aromatic heterocycles. The van der Waals surface area contributed by atoms with Crippen LogP contribution in [-0.2, 0) is 23.0 Å². The van der Waals surface area contributed by atoms with Gasteiger partial charge in [-0.3, -0.25) is 4.79 Å². The normalized spacial score (nSPS) is 13.0. The van der Waals surface area contributed by atoms with Gasteiger partial charge in [0.2, 0.25) is 10.0 Å². The lowest BCUT2D eigenvalue weighted by molar-refractivity contribution is 0.0929. The van der Waals surface area contributed by atoms with Gasteiger partial charge in [-0.25, -0.2) is 12.7 Å². The van der Waals surface area contributed by atoms with Gasteiger partial charge in [-0.2, -0.15) is 0 Å². The van der Waals surface area contributed by atoms with Crippen LogP contribution < -0.4 is 5.32 Å². The zero-order chi connectivity index (χ0) is 21.9. The van der Waals surface area contributed by atoms with E-state index in [2.05, 4.69) is 17.4 Å². The minimum absolute atomic E-state index is 0.0192. The molecule has 3 aromatic rings. The molecule has 0 aliphatic carbocycles. The van der Waals surface area contributed by atoms with Gasteiger partial charge < -0.3 is 9.88 Å². The molecule has 0 fully saturated rings. The van der Waals surface area contributed by atoms with Crippen molar-refractivity contribution in [3.05, 3.63) is 65.9 Å². The SMILES string of the molecule is CCn1c(C(=O)N[C@@H](C)CCc2ccccc2)cc2cc(S(=O)(=O)N(C)C)ccc21. The Kier molecular flexibility index (Phi) is 6.63. The van der Waals surface area contributed by atoms with Crippen LogP contribution in [0.1, 0.15) is 36.3 Å². The largest absolute Gasteiger partial charge is 0.348 e. The number of rotatable bonds is 8. The van der Waals surface area contributed by atoms with Crippen LogP contribution in [0.4, 0.5) is 0 Å². The quantitative estimate of drug-likeness (QED) is 0.596. The maximum absolute atomic E-state index is 12.9. The van der Waals surface area contributed by atoms with Gasteiger partial charge in [-0.15, -0.1) is 0 Å². The zero-order valence-electron chi connectivity index (χ0n) is 17.9. The lowest BCUT2D eigenvalue weighted by atomic mass is 10.1. The molecule has 2 aromatic carbocycles. The van der Waals surface area contributed by atoms with Crippen molar-refractivity contribution in [1.82, 2.24) is 14.2 Å². The molecule has 0 spiro atoms. The first-order chi connectivity index (χ1) is 14.2. The number of nitrogens with one attached hydrogen (secondary N) is 1. The van der Waals surface area contributed by atoms with E-state index >= 15 is 0 Å². The highest BCUT2D eigenvalue weighted by Crippen LogP contribution is 2.25. The number of carbonyl (C=O) groups is 1. The number of nitrogens with zero attached hydrogens (tertiary/aromatic N) is 2. The number of aromatic nitrogens is 1. The van der Waals surface area contributed by atoms with Crippen LogP contribution in [0.25, 0.3) is 10.9 Å². The number of aryl methyl sites for hydroxylation is 2.